The minimum Gasteiger partial charge on any atom is -0.504 e. The molecule has 1 atom stereocenters. The molecule has 128 valence electrons. The van der Waals surface area contributed by atoms with E-state index in [1.807, 2.05) is 0 Å². The zero-order chi connectivity index (χ0) is 17.7. The highest BCUT2D eigenvalue weighted by Crippen LogP contribution is 2.27. The molecule has 24 heavy (non-hydrogen) atoms. The number of carbonyl (C=O) groups excluding carboxylic acids is 1. The van der Waals surface area contributed by atoms with E-state index in [-0.39, 0.29) is 10.8 Å². The van der Waals surface area contributed by atoms with Crippen molar-refractivity contribution in [2.45, 2.75) is 12.5 Å². The Morgan fingerprint density at radius 3 is 2.62 bits per heavy atom. The van der Waals surface area contributed by atoms with Crippen LogP contribution < -0.4 is 10.1 Å². The van der Waals surface area contributed by atoms with E-state index < -0.39 is 12.0 Å². The largest absolute Gasteiger partial charge is 0.504 e. The minimum absolute atomic E-state index is 0.0559. The second-order valence-corrected chi connectivity index (χ2v) is 5.94. The maximum absolute atomic E-state index is 12.0. The van der Waals surface area contributed by atoms with Gasteiger partial charge in [0, 0.05) is 6.54 Å². The SMILES string of the molecule is COc1cc(CCNC(=O)[C@H](O)c2ccc(Cl)c(Cl)c2)ccc1O. The summed E-state index contributed by atoms with van der Waals surface area (Å²) in [6.45, 7) is 0.325. The number of benzene rings is 2. The molecule has 5 nitrogen and oxygen atoms in total. The second kappa shape index (κ2) is 8.24. The third kappa shape index (κ3) is 4.54. The molecule has 0 spiro atoms. The van der Waals surface area contributed by atoms with Crippen molar-refractivity contribution < 1.29 is 19.7 Å². The molecule has 7 heteroatoms. The first kappa shape index (κ1) is 18.4. The fourth-order valence-electron chi connectivity index (χ4n) is 2.14. The number of rotatable bonds is 6. The van der Waals surface area contributed by atoms with Crippen LogP contribution in [0.4, 0.5) is 0 Å². The van der Waals surface area contributed by atoms with Gasteiger partial charge in [-0.1, -0.05) is 35.3 Å². The predicted molar refractivity (Wildman–Crippen MR) is 92.8 cm³/mol. The molecule has 0 unspecified atom stereocenters. The molecular formula is C17H17Cl2NO4. The lowest BCUT2D eigenvalue weighted by Crippen LogP contribution is -2.31. The Morgan fingerprint density at radius 1 is 1.21 bits per heavy atom. The Hall–Kier alpha value is -1.95. The number of ether oxygens (including phenoxy) is 1. The van der Waals surface area contributed by atoms with Crippen LogP contribution in [-0.2, 0) is 11.2 Å². The Balaban J connectivity index is 1.91. The quantitative estimate of drug-likeness (QED) is 0.730. The lowest BCUT2D eigenvalue weighted by molar-refractivity contribution is -0.129. The number of aliphatic hydroxyl groups excluding tert-OH is 1. The van der Waals surface area contributed by atoms with Crippen LogP contribution in [0.25, 0.3) is 0 Å². The van der Waals surface area contributed by atoms with E-state index in [9.17, 15) is 15.0 Å². The zero-order valence-electron chi connectivity index (χ0n) is 12.9. The summed E-state index contributed by atoms with van der Waals surface area (Å²) in [4.78, 5) is 12.0. The Morgan fingerprint density at radius 2 is 1.96 bits per heavy atom. The number of carbonyl (C=O) groups is 1. The van der Waals surface area contributed by atoms with Gasteiger partial charge in [-0.05, 0) is 41.8 Å². The van der Waals surface area contributed by atoms with E-state index in [0.29, 0.717) is 29.3 Å². The third-order valence-electron chi connectivity index (χ3n) is 3.46. The minimum atomic E-state index is -1.32. The van der Waals surface area contributed by atoms with Crippen LogP contribution in [-0.4, -0.2) is 29.8 Å². The van der Waals surface area contributed by atoms with E-state index in [4.69, 9.17) is 27.9 Å². The molecule has 0 aliphatic carbocycles. The fraction of sp³-hybridized carbons (Fsp3) is 0.235. The van der Waals surface area contributed by atoms with Gasteiger partial charge in [0.25, 0.3) is 5.91 Å². The maximum atomic E-state index is 12.0. The first-order valence-electron chi connectivity index (χ1n) is 7.19. The summed E-state index contributed by atoms with van der Waals surface area (Å²) >= 11 is 11.7. The first-order valence-corrected chi connectivity index (χ1v) is 7.94. The van der Waals surface area contributed by atoms with Crippen molar-refractivity contribution >= 4 is 29.1 Å². The number of nitrogens with one attached hydrogen (secondary N) is 1. The number of aromatic hydroxyl groups is 1. The van der Waals surface area contributed by atoms with E-state index in [1.165, 1.54) is 25.3 Å². The molecule has 0 aliphatic heterocycles. The van der Waals surface area contributed by atoms with Gasteiger partial charge in [0.15, 0.2) is 17.6 Å². The number of hydrogen-bond donors (Lipinski definition) is 3. The van der Waals surface area contributed by atoms with Crippen molar-refractivity contribution in [2.75, 3.05) is 13.7 Å². The number of phenolic OH excluding ortho intramolecular Hbond substituents is 1. The molecule has 0 aliphatic rings. The summed E-state index contributed by atoms with van der Waals surface area (Å²) in [5.74, 6) is -0.103. The molecular weight excluding hydrogens is 353 g/mol. The third-order valence-corrected chi connectivity index (χ3v) is 4.20. The lowest BCUT2D eigenvalue weighted by atomic mass is 10.1. The Labute approximate surface area is 149 Å². The van der Waals surface area contributed by atoms with Crippen LogP contribution in [0.15, 0.2) is 36.4 Å². The molecule has 0 radical (unpaired) electrons. The van der Waals surface area contributed by atoms with Crippen LogP contribution in [0.2, 0.25) is 10.0 Å². The number of hydrogen-bond acceptors (Lipinski definition) is 4. The van der Waals surface area contributed by atoms with Gasteiger partial charge in [0.05, 0.1) is 17.2 Å². The summed E-state index contributed by atoms with van der Waals surface area (Å²) in [5.41, 5.74) is 1.25. The average Bonchev–Trinajstić information content (AvgIpc) is 2.58. The van der Waals surface area contributed by atoms with Crippen LogP contribution in [0.1, 0.15) is 17.2 Å². The van der Waals surface area contributed by atoms with Gasteiger partial charge in [-0.3, -0.25) is 4.79 Å². The number of phenols is 1. The number of halogens is 2. The smallest absolute Gasteiger partial charge is 0.253 e. The molecule has 0 aromatic heterocycles. The fourth-order valence-corrected chi connectivity index (χ4v) is 2.44. The lowest BCUT2D eigenvalue weighted by Gasteiger charge is -2.13. The van der Waals surface area contributed by atoms with Crippen LogP contribution in [0.3, 0.4) is 0 Å². The monoisotopic (exact) mass is 369 g/mol. The van der Waals surface area contributed by atoms with Gasteiger partial charge in [0.1, 0.15) is 0 Å². The highest BCUT2D eigenvalue weighted by molar-refractivity contribution is 6.42. The molecule has 2 rings (SSSR count). The molecule has 0 bridgehead atoms. The molecule has 3 N–H and O–H groups in total. The van der Waals surface area contributed by atoms with Crippen LogP contribution in [0, 0.1) is 0 Å². The van der Waals surface area contributed by atoms with E-state index in [2.05, 4.69) is 5.32 Å². The van der Waals surface area contributed by atoms with Crippen molar-refractivity contribution in [3.8, 4) is 11.5 Å². The second-order valence-electron chi connectivity index (χ2n) is 5.12. The van der Waals surface area contributed by atoms with E-state index >= 15 is 0 Å². The van der Waals surface area contributed by atoms with Gasteiger partial charge in [-0.25, -0.2) is 0 Å². The van der Waals surface area contributed by atoms with Gasteiger partial charge in [0.2, 0.25) is 0 Å². The molecule has 2 aromatic carbocycles. The van der Waals surface area contributed by atoms with Crippen LogP contribution in [0.5, 0.6) is 11.5 Å². The predicted octanol–water partition coefficient (Wildman–Crippen LogP) is 3.10. The molecule has 1 amide bonds. The molecule has 0 saturated heterocycles. The summed E-state index contributed by atoms with van der Waals surface area (Å²) in [6.07, 6.45) is -0.801. The molecule has 2 aromatic rings. The van der Waals surface area contributed by atoms with Crippen molar-refractivity contribution in [3.63, 3.8) is 0 Å². The Bertz CT molecular complexity index is 737. The van der Waals surface area contributed by atoms with Crippen LogP contribution >= 0.6 is 23.2 Å². The Kier molecular flexibility index (Phi) is 6.31. The number of methoxy groups -OCH3 is 1. The van der Waals surface area contributed by atoms with Gasteiger partial charge >= 0.3 is 0 Å². The van der Waals surface area contributed by atoms with Gasteiger partial charge in [-0.2, -0.15) is 0 Å². The molecule has 0 saturated carbocycles. The van der Waals surface area contributed by atoms with Gasteiger partial charge < -0.3 is 20.3 Å². The average molecular weight is 370 g/mol. The van der Waals surface area contributed by atoms with Crippen molar-refractivity contribution in [1.82, 2.24) is 5.32 Å². The summed E-state index contributed by atoms with van der Waals surface area (Å²) in [5, 5.41) is 22.9. The number of aliphatic hydroxyl groups is 1. The normalized spacial score (nSPS) is 11.8. The molecule has 0 heterocycles. The van der Waals surface area contributed by atoms with E-state index in [0.717, 1.165) is 5.56 Å². The highest BCUT2D eigenvalue weighted by atomic mass is 35.5. The summed E-state index contributed by atoms with van der Waals surface area (Å²) in [7, 11) is 1.47. The highest BCUT2D eigenvalue weighted by Gasteiger charge is 2.17. The zero-order valence-corrected chi connectivity index (χ0v) is 14.4. The van der Waals surface area contributed by atoms with Crippen molar-refractivity contribution in [3.05, 3.63) is 57.6 Å². The van der Waals surface area contributed by atoms with Crippen molar-refractivity contribution in [2.24, 2.45) is 0 Å². The standard InChI is InChI=1S/C17H17Cl2NO4/c1-24-15-8-10(2-5-14(15)21)6-7-20-17(23)16(22)11-3-4-12(18)13(19)9-11/h2-5,8-9,16,21-22H,6-7H2,1H3,(H,20,23)/t16-/m1/s1. The number of amides is 1. The summed E-state index contributed by atoms with van der Waals surface area (Å²) < 4.78 is 5.03. The molecule has 0 fully saturated rings. The van der Waals surface area contributed by atoms with Gasteiger partial charge in [-0.15, -0.1) is 0 Å². The van der Waals surface area contributed by atoms with E-state index in [1.54, 1.807) is 18.2 Å². The maximum Gasteiger partial charge on any atom is 0.253 e. The first-order chi connectivity index (χ1) is 11.4. The summed E-state index contributed by atoms with van der Waals surface area (Å²) in [6, 6.07) is 9.48. The van der Waals surface area contributed by atoms with Crippen molar-refractivity contribution in [1.29, 1.82) is 0 Å². The topological polar surface area (TPSA) is 78.8 Å².